The van der Waals surface area contributed by atoms with E-state index in [1.54, 1.807) is 11.8 Å². The van der Waals surface area contributed by atoms with E-state index in [0.717, 1.165) is 18.6 Å². The Labute approximate surface area is 134 Å². The van der Waals surface area contributed by atoms with Crippen molar-refractivity contribution in [3.8, 4) is 0 Å². The molecule has 0 aliphatic heterocycles. The van der Waals surface area contributed by atoms with Crippen LogP contribution < -0.4 is 4.72 Å². The Bertz CT molecular complexity index is 617. The number of carboxylic acid groups (broad SMARTS) is 1. The molecule has 0 saturated heterocycles. The van der Waals surface area contributed by atoms with E-state index in [1.807, 2.05) is 6.26 Å². The topological polar surface area (TPSA) is 83.5 Å². The number of aromatic carboxylic acids is 1. The summed E-state index contributed by atoms with van der Waals surface area (Å²) in [7, 11) is -3.76. The summed E-state index contributed by atoms with van der Waals surface area (Å²) >= 11 is 7.52. The molecule has 2 N–H and O–H groups in total. The summed E-state index contributed by atoms with van der Waals surface area (Å²) in [6.45, 7) is 1.78. The quantitative estimate of drug-likeness (QED) is 0.703. The summed E-state index contributed by atoms with van der Waals surface area (Å²) in [5.74, 6) is -0.229. The zero-order valence-electron chi connectivity index (χ0n) is 11.8. The number of benzene rings is 1. The van der Waals surface area contributed by atoms with Crippen LogP contribution >= 0.6 is 23.4 Å². The molecule has 8 heteroatoms. The smallest absolute Gasteiger partial charge is 0.336 e. The minimum Gasteiger partial charge on any atom is -0.478 e. The van der Waals surface area contributed by atoms with Gasteiger partial charge in [0.2, 0.25) is 10.0 Å². The van der Waals surface area contributed by atoms with Crippen LogP contribution in [0, 0.1) is 6.92 Å². The van der Waals surface area contributed by atoms with E-state index in [4.69, 9.17) is 16.7 Å². The summed E-state index contributed by atoms with van der Waals surface area (Å²) in [4.78, 5) is 11.0. The molecule has 5 nitrogen and oxygen atoms in total. The summed E-state index contributed by atoms with van der Waals surface area (Å²) < 4.78 is 27.0. The maximum absolute atomic E-state index is 12.2. The van der Waals surface area contributed by atoms with Crippen LogP contribution in [0.2, 0.25) is 5.02 Å². The second-order valence-electron chi connectivity index (χ2n) is 4.48. The molecule has 1 rings (SSSR count). The molecule has 0 radical (unpaired) electrons. The van der Waals surface area contributed by atoms with Gasteiger partial charge in [-0.25, -0.2) is 17.9 Å². The molecule has 118 valence electrons. The Morgan fingerprint density at radius 2 is 2.05 bits per heavy atom. The Hall–Kier alpha value is -0.760. The van der Waals surface area contributed by atoms with Crippen LogP contribution in [0.25, 0.3) is 0 Å². The predicted octanol–water partition coefficient (Wildman–Crippen LogP) is 2.77. The molecular weight excluding hydrogens is 334 g/mol. The molecule has 21 heavy (non-hydrogen) atoms. The van der Waals surface area contributed by atoms with E-state index in [0.29, 0.717) is 6.54 Å². The maximum Gasteiger partial charge on any atom is 0.336 e. The van der Waals surface area contributed by atoms with Gasteiger partial charge in [0, 0.05) is 11.6 Å². The molecule has 0 saturated carbocycles. The first-order chi connectivity index (χ1) is 9.79. The van der Waals surface area contributed by atoms with E-state index < -0.39 is 16.0 Å². The summed E-state index contributed by atoms with van der Waals surface area (Å²) in [6, 6.07) is 2.52. The molecular formula is C13H18ClNO4S2. The molecule has 1 aromatic rings. The minimum atomic E-state index is -3.76. The van der Waals surface area contributed by atoms with Gasteiger partial charge in [0.1, 0.15) is 0 Å². The lowest BCUT2D eigenvalue weighted by molar-refractivity contribution is 0.0696. The number of carboxylic acids is 1. The number of nitrogens with one attached hydrogen (secondary N) is 1. The molecule has 0 spiro atoms. The third-order valence-electron chi connectivity index (χ3n) is 2.91. The second-order valence-corrected chi connectivity index (χ2v) is 7.64. The van der Waals surface area contributed by atoms with Crippen molar-refractivity contribution in [1.29, 1.82) is 0 Å². The van der Waals surface area contributed by atoms with Crippen LogP contribution in [0.4, 0.5) is 0 Å². The molecule has 1 aromatic carbocycles. The number of sulfonamides is 1. The van der Waals surface area contributed by atoms with Gasteiger partial charge in [-0.2, -0.15) is 11.8 Å². The number of thioether (sulfide) groups is 1. The van der Waals surface area contributed by atoms with Crippen molar-refractivity contribution in [2.45, 2.75) is 24.7 Å². The van der Waals surface area contributed by atoms with Crippen molar-refractivity contribution in [3.05, 3.63) is 28.3 Å². The summed E-state index contributed by atoms with van der Waals surface area (Å²) in [5, 5.41) is 9.16. The van der Waals surface area contributed by atoms with E-state index in [9.17, 15) is 13.2 Å². The standard InChI is InChI=1S/C13H18ClNO4S2/c1-9-11(13(16)17)7-10(14)8-12(9)21(18,19)15-5-3-4-6-20-2/h7-8,15H,3-6H2,1-2H3,(H,16,17). The van der Waals surface area contributed by atoms with Crippen LogP contribution in [0.1, 0.15) is 28.8 Å². The number of halogens is 1. The molecule has 0 atom stereocenters. The number of hydrogen-bond donors (Lipinski definition) is 2. The Kier molecular flexibility index (Phi) is 6.99. The number of unbranched alkanes of at least 4 members (excludes halogenated alkanes) is 1. The van der Waals surface area contributed by atoms with Crippen molar-refractivity contribution in [1.82, 2.24) is 4.72 Å². The Morgan fingerprint density at radius 1 is 1.38 bits per heavy atom. The third-order valence-corrected chi connectivity index (χ3v) is 5.41. The van der Waals surface area contributed by atoms with Crippen LogP contribution in [0.3, 0.4) is 0 Å². The van der Waals surface area contributed by atoms with Crippen molar-refractivity contribution in [2.24, 2.45) is 0 Å². The highest BCUT2D eigenvalue weighted by Gasteiger charge is 2.21. The van der Waals surface area contributed by atoms with Gasteiger partial charge in [0.05, 0.1) is 10.5 Å². The van der Waals surface area contributed by atoms with Crippen molar-refractivity contribution < 1.29 is 18.3 Å². The highest BCUT2D eigenvalue weighted by molar-refractivity contribution is 7.98. The first-order valence-corrected chi connectivity index (χ1v) is 9.57. The maximum atomic E-state index is 12.2. The van der Waals surface area contributed by atoms with Gasteiger partial charge in [-0.1, -0.05) is 11.6 Å². The number of rotatable bonds is 8. The van der Waals surface area contributed by atoms with Crippen molar-refractivity contribution in [3.63, 3.8) is 0 Å². The normalized spacial score (nSPS) is 11.6. The molecule has 0 fully saturated rings. The highest BCUT2D eigenvalue weighted by atomic mass is 35.5. The SMILES string of the molecule is CSCCCCNS(=O)(=O)c1cc(Cl)cc(C(=O)O)c1C. The van der Waals surface area contributed by atoms with E-state index >= 15 is 0 Å². The lowest BCUT2D eigenvalue weighted by atomic mass is 10.1. The Morgan fingerprint density at radius 3 is 2.62 bits per heavy atom. The Balaban J connectivity index is 2.95. The van der Waals surface area contributed by atoms with Crippen LogP contribution in [0.15, 0.2) is 17.0 Å². The van der Waals surface area contributed by atoms with Crippen LogP contribution in [-0.2, 0) is 10.0 Å². The lowest BCUT2D eigenvalue weighted by Crippen LogP contribution is -2.26. The second kappa shape index (κ2) is 8.03. The first kappa shape index (κ1) is 18.3. The fourth-order valence-corrected chi connectivity index (χ4v) is 3.95. The van der Waals surface area contributed by atoms with Crippen molar-refractivity contribution >= 4 is 39.4 Å². The lowest BCUT2D eigenvalue weighted by Gasteiger charge is -2.12. The number of carbonyl (C=O) groups is 1. The summed E-state index contributed by atoms with van der Waals surface area (Å²) in [5.41, 5.74) is 0.0776. The number of hydrogen-bond acceptors (Lipinski definition) is 4. The van der Waals surface area contributed by atoms with Crippen LogP contribution in [-0.4, -0.2) is 38.0 Å². The monoisotopic (exact) mass is 351 g/mol. The molecule has 0 aromatic heterocycles. The van der Waals surface area contributed by atoms with Gasteiger partial charge in [-0.3, -0.25) is 0 Å². The fourth-order valence-electron chi connectivity index (χ4n) is 1.81. The molecule has 0 bridgehead atoms. The predicted molar refractivity (Wildman–Crippen MR) is 86.0 cm³/mol. The minimum absolute atomic E-state index is 0.0840. The third kappa shape index (κ3) is 5.18. The zero-order valence-corrected chi connectivity index (χ0v) is 14.2. The van der Waals surface area contributed by atoms with E-state index in [1.165, 1.54) is 19.1 Å². The van der Waals surface area contributed by atoms with Crippen LogP contribution in [0.5, 0.6) is 0 Å². The van der Waals surface area contributed by atoms with Crippen molar-refractivity contribution in [2.75, 3.05) is 18.6 Å². The average Bonchev–Trinajstić information content (AvgIpc) is 2.40. The molecule has 0 aliphatic carbocycles. The largest absolute Gasteiger partial charge is 0.478 e. The van der Waals surface area contributed by atoms with Gasteiger partial charge in [0.25, 0.3) is 0 Å². The molecule has 0 unspecified atom stereocenters. The molecule has 0 aliphatic rings. The van der Waals surface area contributed by atoms with Gasteiger partial charge in [-0.05, 0) is 49.5 Å². The fraction of sp³-hybridized carbons (Fsp3) is 0.462. The van der Waals surface area contributed by atoms with Gasteiger partial charge in [-0.15, -0.1) is 0 Å². The molecule has 0 heterocycles. The first-order valence-electron chi connectivity index (χ1n) is 6.31. The van der Waals surface area contributed by atoms with E-state index in [2.05, 4.69) is 4.72 Å². The highest BCUT2D eigenvalue weighted by Crippen LogP contribution is 2.24. The van der Waals surface area contributed by atoms with Gasteiger partial charge < -0.3 is 5.11 Å². The zero-order chi connectivity index (χ0) is 16.0. The summed E-state index contributed by atoms with van der Waals surface area (Å²) in [6.07, 6.45) is 3.64. The van der Waals surface area contributed by atoms with E-state index in [-0.39, 0.29) is 21.0 Å². The van der Waals surface area contributed by atoms with Gasteiger partial charge in [0.15, 0.2) is 0 Å². The van der Waals surface area contributed by atoms with Gasteiger partial charge >= 0.3 is 5.97 Å². The molecule has 0 amide bonds. The average molecular weight is 352 g/mol.